The number of aliphatic hydroxyl groups is 1. The van der Waals surface area contributed by atoms with Gasteiger partial charge in [-0.1, -0.05) is 45.4 Å². The molecule has 0 bridgehead atoms. The Morgan fingerprint density at radius 2 is 1.76 bits per heavy atom. The Kier molecular flexibility index (Phi) is 7.01. The van der Waals surface area contributed by atoms with Gasteiger partial charge in [-0.15, -0.1) is 0 Å². The standard InChI is InChI=1S/C18H33NO2/c1-2-3-7-14-10-12-15(13-11-14)18(21)19-16-8-5-4-6-9-17(16)20/h14-17,20H,2-13H2,1H3,(H,19,21). The maximum absolute atomic E-state index is 12.4. The second kappa shape index (κ2) is 8.77. The Hall–Kier alpha value is -0.570. The lowest BCUT2D eigenvalue weighted by Crippen LogP contribution is -2.45. The average molecular weight is 295 g/mol. The molecule has 0 aromatic rings. The van der Waals surface area contributed by atoms with Gasteiger partial charge in [0.25, 0.3) is 0 Å². The molecule has 2 aliphatic rings. The van der Waals surface area contributed by atoms with Gasteiger partial charge in [0.2, 0.25) is 5.91 Å². The van der Waals surface area contributed by atoms with Gasteiger partial charge in [0, 0.05) is 5.92 Å². The number of carbonyl (C=O) groups is 1. The summed E-state index contributed by atoms with van der Waals surface area (Å²) in [6.07, 6.45) is 13.3. The molecule has 2 unspecified atom stereocenters. The van der Waals surface area contributed by atoms with Crippen LogP contribution in [0.4, 0.5) is 0 Å². The van der Waals surface area contributed by atoms with Crippen molar-refractivity contribution < 1.29 is 9.90 Å². The monoisotopic (exact) mass is 295 g/mol. The zero-order valence-electron chi connectivity index (χ0n) is 13.7. The van der Waals surface area contributed by atoms with Crippen molar-refractivity contribution in [2.45, 2.75) is 96.1 Å². The molecule has 122 valence electrons. The number of aliphatic hydroxyl groups excluding tert-OH is 1. The SMILES string of the molecule is CCCCC1CCC(C(=O)NC2CCCCCC2O)CC1. The van der Waals surface area contributed by atoms with E-state index in [-0.39, 0.29) is 24.0 Å². The van der Waals surface area contributed by atoms with E-state index in [1.807, 2.05) is 0 Å². The van der Waals surface area contributed by atoms with Gasteiger partial charge in [-0.05, 0) is 44.4 Å². The van der Waals surface area contributed by atoms with Gasteiger partial charge >= 0.3 is 0 Å². The van der Waals surface area contributed by atoms with Crippen LogP contribution in [0.5, 0.6) is 0 Å². The van der Waals surface area contributed by atoms with Gasteiger partial charge in [0.05, 0.1) is 12.1 Å². The van der Waals surface area contributed by atoms with E-state index in [0.717, 1.165) is 44.4 Å². The second-order valence-electron chi connectivity index (χ2n) is 7.18. The lowest BCUT2D eigenvalue weighted by molar-refractivity contribution is -0.127. The van der Waals surface area contributed by atoms with Gasteiger partial charge in [-0.2, -0.15) is 0 Å². The minimum absolute atomic E-state index is 0.00202. The number of amides is 1. The number of rotatable bonds is 5. The summed E-state index contributed by atoms with van der Waals surface area (Å²) in [6, 6.07) is -0.00202. The summed E-state index contributed by atoms with van der Waals surface area (Å²) in [5, 5.41) is 13.3. The highest BCUT2D eigenvalue weighted by molar-refractivity contribution is 5.79. The van der Waals surface area contributed by atoms with E-state index in [1.54, 1.807) is 0 Å². The quantitative estimate of drug-likeness (QED) is 0.758. The maximum atomic E-state index is 12.4. The molecule has 2 fully saturated rings. The molecule has 0 saturated heterocycles. The van der Waals surface area contributed by atoms with Crippen molar-refractivity contribution in [3.05, 3.63) is 0 Å². The normalized spacial score (nSPS) is 34.2. The maximum Gasteiger partial charge on any atom is 0.223 e. The summed E-state index contributed by atoms with van der Waals surface area (Å²) in [6.45, 7) is 2.25. The summed E-state index contributed by atoms with van der Waals surface area (Å²) in [5.74, 6) is 1.24. The van der Waals surface area contributed by atoms with Gasteiger partial charge < -0.3 is 10.4 Å². The average Bonchev–Trinajstić information content (AvgIpc) is 2.70. The fourth-order valence-electron chi connectivity index (χ4n) is 3.96. The van der Waals surface area contributed by atoms with Gasteiger partial charge in [0.1, 0.15) is 0 Å². The van der Waals surface area contributed by atoms with Crippen LogP contribution in [0.15, 0.2) is 0 Å². The van der Waals surface area contributed by atoms with Crippen LogP contribution >= 0.6 is 0 Å². The van der Waals surface area contributed by atoms with Gasteiger partial charge in [0.15, 0.2) is 0 Å². The smallest absolute Gasteiger partial charge is 0.223 e. The Labute approximate surface area is 129 Å². The van der Waals surface area contributed by atoms with Crippen LogP contribution in [0, 0.1) is 11.8 Å². The molecule has 2 aliphatic carbocycles. The van der Waals surface area contributed by atoms with E-state index in [0.29, 0.717) is 0 Å². The zero-order chi connectivity index (χ0) is 15.1. The number of carbonyl (C=O) groups excluding carboxylic acids is 1. The summed E-state index contributed by atoms with van der Waals surface area (Å²) >= 11 is 0. The van der Waals surface area contributed by atoms with E-state index in [9.17, 15) is 9.90 Å². The van der Waals surface area contributed by atoms with E-state index in [2.05, 4.69) is 12.2 Å². The molecule has 2 rings (SSSR count). The largest absolute Gasteiger partial charge is 0.391 e. The molecule has 0 heterocycles. The van der Waals surface area contributed by atoms with Gasteiger partial charge in [-0.3, -0.25) is 4.79 Å². The first kappa shape index (κ1) is 16.8. The predicted octanol–water partition coefficient (Wildman–Crippen LogP) is 3.79. The van der Waals surface area contributed by atoms with E-state index in [4.69, 9.17) is 0 Å². The third kappa shape index (κ3) is 5.28. The molecule has 2 saturated carbocycles. The first-order chi connectivity index (χ1) is 10.2. The molecular formula is C18H33NO2. The molecule has 0 aromatic heterocycles. The van der Waals surface area contributed by atoms with E-state index >= 15 is 0 Å². The summed E-state index contributed by atoms with van der Waals surface area (Å²) in [4.78, 5) is 12.4. The molecule has 2 N–H and O–H groups in total. The highest BCUT2D eigenvalue weighted by atomic mass is 16.3. The Morgan fingerprint density at radius 1 is 1.05 bits per heavy atom. The number of hydrogen-bond donors (Lipinski definition) is 2. The van der Waals surface area contributed by atoms with E-state index in [1.165, 1.54) is 38.5 Å². The highest BCUT2D eigenvalue weighted by Crippen LogP contribution is 2.32. The minimum Gasteiger partial charge on any atom is -0.391 e. The number of nitrogens with one attached hydrogen (secondary N) is 1. The summed E-state index contributed by atoms with van der Waals surface area (Å²) in [7, 11) is 0. The van der Waals surface area contributed by atoms with Crippen molar-refractivity contribution in [1.82, 2.24) is 5.32 Å². The molecule has 21 heavy (non-hydrogen) atoms. The van der Waals surface area contributed by atoms with E-state index < -0.39 is 0 Å². The predicted molar refractivity (Wildman–Crippen MR) is 86.0 cm³/mol. The molecule has 0 aromatic carbocycles. The lowest BCUT2D eigenvalue weighted by Gasteiger charge is -2.30. The van der Waals surface area contributed by atoms with Crippen LogP contribution in [0.25, 0.3) is 0 Å². The molecule has 3 heteroatoms. The van der Waals surface area contributed by atoms with Crippen molar-refractivity contribution >= 4 is 5.91 Å². The first-order valence-corrected chi connectivity index (χ1v) is 9.19. The van der Waals surface area contributed by atoms with Crippen LogP contribution in [0.1, 0.15) is 84.0 Å². The van der Waals surface area contributed by atoms with Crippen molar-refractivity contribution in [1.29, 1.82) is 0 Å². The van der Waals surface area contributed by atoms with Crippen LogP contribution in [0.2, 0.25) is 0 Å². The molecule has 0 aliphatic heterocycles. The fraction of sp³-hybridized carbons (Fsp3) is 0.944. The van der Waals surface area contributed by atoms with Crippen LogP contribution in [-0.4, -0.2) is 23.2 Å². The molecule has 0 spiro atoms. The molecule has 1 amide bonds. The Balaban J connectivity index is 1.73. The number of unbranched alkanes of at least 4 members (excludes halogenated alkanes) is 1. The van der Waals surface area contributed by atoms with Crippen LogP contribution in [-0.2, 0) is 4.79 Å². The number of hydrogen-bond acceptors (Lipinski definition) is 2. The van der Waals surface area contributed by atoms with Crippen molar-refractivity contribution in [3.8, 4) is 0 Å². The zero-order valence-corrected chi connectivity index (χ0v) is 13.7. The summed E-state index contributed by atoms with van der Waals surface area (Å²) < 4.78 is 0. The second-order valence-corrected chi connectivity index (χ2v) is 7.18. The third-order valence-electron chi connectivity index (χ3n) is 5.49. The minimum atomic E-state index is -0.336. The van der Waals surface area contributed by atoms with Crippen molar-refractivity contribution in [2.75, 3.05) is 0 Å². The summed E-state index contributed by atoms with van der Waals surface area (Å²) in [5.41, 5.74) is 0. The first-order valence-electron chi connectivity index (χ1n) is 9.19. The highest BCUT2D eigenvalue weighted by Gasteiger charge is 2.29. The van der Waals surface area contributed by atoms with Crippen molar-refractivity contribution in [3.63, 3.8) is 0 Å². The Morgan fingerprint density at radius 3 is 2.48 bits per heavy atom. The van der Waals surface area contributed by atoms with Crippen LogP contribution < -0.4 is 5.32 Å². The van der Waals surface area contributed by atoms with Crippen LogP contribution in [0.3, 0.4) is 0 Å². The molecule has 0 radical (unpaired) electrons. The lowest BCUT2D eigenvalue weighted by atomic mass is 9.79. The van der Waals surface area contributed by atoms with Gasteiger partial charge in [-0.25, -0.2) is 0 Å². The molecule has 3 nitrogen and oxygen atoms in total. The Bertz CT molecular complexity index is 310. The molecular weight excluding hydrogens is 262 g/mol. The fourth-order valence-corrected chi connectivity index (χ4v) is 3.96. The van der Waals surface area contributed by atoms with Crippen molar-refractivity contribution in [2.24, 2.45) is 11.8 Å². The molecule has 2 atom stereocenters. The third-order valence-corrected chi connectivity index (χ3v) is 5.49. The topological polar surface area (TPSA) is 49.3 Å².